The van der Waals surface area contributed by atoms with Crippen molar-refractivity contribution in [2.24, 2.45) is 0 Å². The molecule has 0 aromatic heterocycles. The fourth-order valence-corrected chi connectivity index (χ4v) is 1.20. The van der Waals surface area contributed by atoms with Gasteiger partial charge in [-0.3, -0.25) is 4.79 Å². The van der Waals surface area contributed by atoms with Crippen LogP contribution in [0.3, 0.4) is 0 Å². The third kappa shape index (κ3) is 9.24. The maximum Gasteiger partial charge on any atom is 0.330 e. The van der Waals surface area contributed by atoms with Crippen LogP contribution >= 0.6 is 0 Å². The number of hydrogen-bond donors (Lipinski definition) is 1. The molecular formula is C12H21NO3. The maximum atomic E-state index is 11.2. The first kappa shape index (κ1) is 14.7. The highest BCUT2D eigenvalue weighted by atomic mass is 16.5. The minimum atomic E-state index is -0.461. The molecule has 0 aromatic rings. The zero-order valence-electron chi connectivity index (χ0n) is 9.96. The van der Waals surface area contributed by atoms with E-state index in [0.29, 0.717) is 13.0 Å². The first-order chi connectivity index (χ1) is 7.70. The molecule has 0 fully saturated rings. The lowest BCUT2D eigenvalue weighted by atomic mass is 10.1. The normalized spacial score (nSPS) is 9.56. The molecule has 0 aliphatic rings. The molecular weight excluding hydrogens is 206 g/mol. The highest BCUT2D eigenvalue weighted by molar-refractivity contribution is 5.81. The first-order valence-electron chi connectivity index (χ1n) is 5.76. The van der Waals surface area contributed by atoms with E-state index >= 15 is 0 Å². The number of nitrogens with one attached hydrogen (secondary N) is 1. The van der Waals surface area contributed by atoms with Gasteiger partial charge in [0.15, 0.2) is 0 Å². The van der Waals surface area contributed by atoms with Crippen LogP contribution in [-0.4, -0.2) is 25.0 Å². The standard InChI is InChI=1S/C12H21NO3/c1-3-5-6-7-8-11(14)13-9-10-16-12(15)4-2/h4H,2-3,5-10H2,1H3,(H,13,14). The summed E-state index contributed by atoms with van der Waals surface area (Å²) in [7, 11) is 0. The average molecular weight is 227 g/mol. The van der Waals surface area contributed by atoms with Gasteiger partial charge < -0.3 is 10.1 Å². The zero-order chi connectivity index (χ0) is 12.2. The van der Waals surface area contributed by atoms with E-state index in [4.69, 9.17) is 4.74 Å². The number of esters is 1. The van der Waals surface area contributed by atoms with Crippen molar-refractivity contribution in [2.75, 3.05) is 13.2 Å². The van der Waals surface area contributed by atoms with Crippen molar-refractivity contribution in [3.63, 3.8) is 0 Å². The Labute approximate surface area is 97.1 Å². The topological polar surface area (TPSA) is 55.4 Å². The molecule has 4 nitrogen and oxygen atoms in total. The number of unbranched alkanes of at least 4 members (excludes halogenated alkanes) is 3. The quantitative estimate of drug-likeness (QED) is 0.371. The van der Waals surface area contributed by atoms with Crippen LogP contribution in [0.4, 0.5) is 0 Å². The van der Waals surface area contributed by atoms with Crippen molar-refractivity contribution in [3.8, 4) is 0 Å². The molecule has 1 N–H and O–H groups in total. The summed E-state index contributed by atoms with van der Waals surface area (Å²) in [5.41, 5.74) is 0. The lowest BCUT2D eigenvalue weighted by Gasteiger charge is -2.05. The van der Waals surface area contributed by atoms with Gasteiger partial charge in [0.1, 0.15) is 6.61 Å². The predicted octanol–water partition coefficient (Wildman–Crippen LogP) is 1.80. The summed E-state index contributed by atoms with van der Waals surface area (Å²) in [5, 5.41) is 2.69. The van der Waals surface area contributed by atoms with E-state index in [-0.39, 0.29) is 12.5 Å². The summed E-state index contributed by atoms with van der Waals surface area (Å²) in [5.74, 6) is -0.442. The first-order valence-corrected chi connectivity index (χ1v) is 5.76. The van der Waals surface area contributed by atoms with Crippen LogP contribution in [0.1, 0.15) is 39.0 Å². The lowest BCUT2D eigenvalue weighted by Crippen LogP contribution is -2.27. The minimum Gasteiger partial charge on any atom is -0.461 e. The van der Waals surface area contributed by atoms with Crippen molar-refractivity contribution < 1.29 is 14.3 Å². The molecule has 0 unspecified atom stereocenters. The van der Waals surface area contributed by atoms with Crippen LogP contribution in [0.5, 0.6) is 0 Å². The molecule has 0 aliphatic carbocycles. The Hall–Kier alpha value is -1.32. The summed E-state index contributed by atoms with van der Waals surface area (Å²) in [6.45, 7) is 5.97. The Morgan fingerprint density at radius 1 is 1.31 bits per heavy atom. The largest absolute Gasteiger partial charge is 0.461 e. The van der Waals surface area contributed by atoms with E-state index in [2.05, 4.69) is 18.8 Å². The predicted molar refractivity (Wildman–Crippen MR) is 62.9 cm³/mol. The fraction of sp³-hybridized carbons (Fsp3) is 0.667. The molecule has 0 saturated heterocycles. The second-order valence-corrected chi connectivity index (χ2v) is 3.53. The van der Waals surface area contributed by atoms with Gasteiger partial charge >= 0.3 is 5.97 Å². The van der Waals surface area contributed by atoms with Crippen LogP contribution in [0, 0.1) is 0 Å². The number of carbonyl (C=O) groups excluding carboxylic acids is 2. The Morgan fingerprint density at radius 2 is 2.06 bits per heavy atom. The fourth-order valence-electron chi connectivity index (χ4n) is 1.20. The van der Waals surface area contributed by atoms with E-state index in [1.54, 1.807) is 0 Å². The van der Waals surface area contributed by atoms with E-state index in [1.807, 2.05) is 0 Å². The lowest BCUT2D eigenvalue weighted by molar-refractivity contribution is -0.138. The van der Waals surface area contributed by atoms with E-state index < -0.39 is 5.97 Å². The van der Waals surface area contributed by atoms with Crippen molar-refractivity contribution >= 4 is 11.9 Å². The average Bonchev–Trinajstić information content (AvgIpc) is 2.30. The van der Waals surface area contributed by atoms with Gasteiger partial charge in [0, 0.05) is 12.5 Å². The highest BCUT2D eigenvalue weighted by Crippen LogP contribution is 2.01. The monoisotopic (exact) mass is 227 g/mol. The van der Waals surface area contributed by atoms with Gasteiger partial charge in [-0.2, -0.15) is 0 Å². The van der Waals surface area contributed by atoms with Crippen LogP contribution < -0.4 is 5.32 Å². The van der Waals surface area contributed by atoms with Crippen molar-refractivity contribution in [1.29, 1.82) is 0 Å². The summed E-state index contributed by atoms with van der Waals surface area (Å²) in [6.07, 6.45) is 6.01. The molecule has 0 saturated carbocycles. The summed E-state index contributed by atoms with van der Waals surface area (Å²) in [4.78, 5) is 21.9. The van der Waals surface area contributed by atoms with Crippen molar-refractivity contribution in [3.05, 3.63) is 12.7 Å². The van der Waals surface area contributed by atoms with Gasteiger partial charge in [-0.1, -0.05) is 32.8 Å². The number of carbonyl (C=O) groups is 2. The molecule has 0 atom stereocenters. The third-order valence-corrected chi connectivity index (χ3v) is 2.09. The van der Waals surface area contributed by atoms with Crippen LogP contribution in [0.15, 0.2) is 12.7 Å². The summed E-state index contributed by atoms with van der Waals surface area (Å²) >= 11 is 0. The second kappa shape index (κ2) is 10.2. The Bertz CT molecular complexity index is 226. The molecule has 92 valence electrons. The highest BCUT2D eigenvalue weighted by Gasteiger charge is 2.00. The summed E-state index contributed by atoms with van der Waals surface area (Å²) < 4.78 is 4.71. The molecule has 1 amide bonds. The van der Waals surface area contributed by atoms with Gasteiger partial charge in [0.2, 0.25) is 5.91 Å². The number of rotatable bonds is 9. The molecule has 0 heterocycles. The van der Waals surface area contributed by atoms with Gasteiger partial charge in [0.05, 0.1) is 6.54 Å². The molecule has 0 bridgehead atoms. The van der Waals surface area contributed by atoms with Crippen molar-refractivity contribution in [2.45, 2.75) is 39.0 Å². The molecule has 0 aliphatic heterocycles. The molecule has 0 spiro atoms. The van der Waals surface area contributed by atoms with Crippen LogP contribution in [-0.2, 0) is 14.3 Å². The number of ether oxygens (including phenoxy) is 1. The third-order valence-electron chi connectivity index (χ3n) is 2.09. The van der Waals surface area contributed by atoms with Gasteiger partial charge in [0.25, 0.3) is 0 Å². The molecule has 4 heteroatoms. The van der Waals surface area contributed by atoms with Gasteiger partial charge in [-0.05, 0) is 6.42 Å². The number of hydrogen-bond acceptors (Lipinski definition) is 3. The molecule has 0 aromatic carbocycles. The molecule has 0 rings (SSSR count). The molecule has 0 radical (unpaired) electrons. The number of amides is 1. The summed E-state index contributed by atoms with van der Waals surface area (Å²) in [6, 6.07) is 0. The zero-order valence-corrected chi connectivity index (χ0v) is 9.96. The smallest absolute Gasteiger partial charge is 0.330 e. The van der Waals surface area contributed by atoms with Gasteiger partial charge in [-0.25, -0.2) is 4.79 Å². The molecule has 16 heavy (non-hydrogen) atoms. The second-order valence-electron chi connectivity index (χ2n) is 3.53. The van der Waals surface area contributed by atoms with E-state index in [0.717, 1.165) is 18.9 Å². The van der Waals surface area contributed by atoms with Crippen molar-refractivity contribution in [1.82, 2.24) is 5.32 Å². The SMILES string of the molecule is C=CC(=O)OCCNC(=O)CCCCCC. The van der Waals surface area contributed by atoms with E-state index in [9.17, 15) is 9.59 Å². The Kier molecular flexibility index (Phi) is 9.36. The minimum absolute atomic E-state index is 0.0192. The van der Waals surface area contributed by atoms with Gasteiger partial charge in [-0.15, -0.1) is 0 Å². The van der Waals surface area contributed by atoms with E-state index in [1.165, 1.54) is 12.8 Å². The maximum absolute atomic E-state index is 11.2. The Morgan fingerprint density at radius 3 is 2.69 bits per heavy atom. The van der Waals surface area contributed by atoms with Crippen LogP contribution in [0.2, 0.25) is 0 Å². The van der Waals surface area contributed by atoms with Crippen LogP contribution in [0.25, 0.3) is 0 Å². The Balaban J connectivity index is 3.30.